The summed E-state index contributed by atoms with van der Waals surface area (Å²) in [4.78, 5) is 12.5. The van der Waals surface area contributed by atoms with Gasteiger partial charge in [-0.1, -0.05) is 140 Å². The van der Waals surface area contributed by atoms with Crippen LogP contribution in [0.3, 0.4) is 0 Å². The zero-order valence-corrected chi connectivity index (χ0v) is 24.8. The van der Waals surface area contributed by atoms with Gasteiger partial charge in [-0.15, -0.1) is 11.8 Å². The SMILES string of the molecule is O=C(NCCOCCSC(c1ccccc1)(c1ccccc1)c1ccccc1)OCC1c2ccccc2-c2ccccc21. The maximum Gasteiger partial charge on any atom is 0.407 e. The van der Waals surface area contributed by atoms with Crippen molar-refractivity contribution in [3.05, 3.63) is 167 Å². The highest BCUT2D eigenvalue weighted by molar-refractivity contribution is 8.00. The number of hydrogen-bond acceptors (Lipinski definition) is 4. The van der Waals surface area contributed by atoms with Crippen molar-refractivity contribution >= 4 is 17.9 Å². The van der Waals surface area contributed by atoms with Gasteiger partial charge >= 0.3 is 6.09 Å². The minimum absolute atomic E-state index is 0.0468. The van der Waals surface area contributed by atoms with Gasteiger partial charge in [-0.2, -0.15) is 0 Å². The van der Waals surface area contributed by atoms with E-state index < -0.39 is 6.09 Å². The summed E-state index contributed by atoms with van der Waals surface area (Å²) >= 11 is 1.87. The van der Waals surface area contributed by atoms with Gasteiger partial charge in [0.2, 0.25) is 0 Å². The summed E-state index contributed by atoms with van der Waals surface area (Å²) in [5, 5.41) is 2.85. The molecule has 1 aliphatic carbocycles. The highest BCUT2D eigenvalue weighted by atomic mass is 32.2. The van der Waals surface area contributed by atoms with Crippen molar-refractivity contribution in [3.8, 4) is 11.1 Å². The van der Waals surface area contributed by atoms with Crippen molar-refractivity contribution in [3.63, 3.8) is 0 Å². The van der Waals surface area contributed by atoms with Crippen LogP contribution in [0.4, 0.5) is 4.79 Å². The maximum atomic E-state index is 12.5. The Morgan fingerprint density at radius 3 is 1.60 bits per heavy atom. The van der Waals surface area contributed by atoms with E-state index in [4.69, 9.17) is 9.47 Å². The van der Waals surface area contributed by atoms with E-state index in [-0.39, 0.29) is 10.7 Å². The first-order valence-corrected chi connectivity index (χ1v) is 15.7. The fourth-order valence-corrected chi connectivity index (χ4v) is 7.41. The van der Waals surface area contributed by atoms with Gasteiger partial charge in [-0.3, -0.25) is 0 Å². The van der Waals surface area contributed by atoms with E-state index in [0.29, 0.717) is 26.4 Å². The summed E-state index contributed by atoms with van der Waals surface area (Å²) < 4.78 is 11.2. The van der Waals surface area contributed by atoms with Crippen molar-refractivity contribution in [2.75, 3.05) is 32.1 Å². The molecule has 1 amide bonds. The van der Waals surface area contributed by atoms with Crippen LogP contribution in [0.5, 0.6) is 0 Å². The van der Waals surface area contributed by atoms with Crippen LogP contribution in [-0.2, 0) is 14.2 Å². The zero-order chi connectivity index (χ0) is 29.3. The van der Waals surface area contributed by atoms with E-state index >= 15 is 0 Å². The molecule has 0 heterocycles. The second-order valence-electron chi connectivity index (χ2n) is 10.5. The number of alkyl carbamates (subject to hydrolysis) is 1. The minimum atomic E-state index is -0.420. The van der Waals surface area contributed by atoms with E-state index in [0.717, 1.165) is 5.75 Å². The molecule has 1 aliphatic rings. The molecule has 5 heteroatoms. The van der Waals surface area contributed by atoms with Crippen LogP contribution in [0.15, 0.2) is 140 Å². The van der Waals surface area contributed by atoms with E-state index in [9.17, 15) is 4.79 Å². The number of carbonyl (C=O) groups is 1. The van der Waals surface area contributed by atoms with E-state index in [1.165, 1.54) is 38.9 Å². The summed E-state index contributed by atoms with van der Waals surface area (Å²) in [5.74, 6) is 0.828. The summed E-state index contributed by atoms with van der Waals surface area (Å²) in [6, 6.07) is 48.7. The van der Waals surface area contributed by atoms with Crippen molar-refractivity contribution in [1.82, 2.24) is 5.32 Å². The quantitative estimate of drug-likeness (QED) is 0.118. The van der Waals surface area contributed by atoms with Crippen LogP contribution in [0, 0.1) is 0 Å². The number of amides is 1. The lowest BCUT2D eigenvalue weighted by Gasteiger charge is -2.35. The second-order valence-corrected chi connectivity index (χ2v) is 11.8. The maximum absolute atomic E-state index is 12.5. The van der Waals surface area contributed by atoms with Gasteiger partial charge in [0.15, 0.2) is 0 Å². The Kier molecular flexibility index (Phi) is 9.22. The number of thioether (sulfide) groups is 1. The van der Waals surface area contributed by atoms with Gasteiger partial charge in [0.05, 0.1) is 18.0 Å². The number of rotatable bonds is 12. The predicted octanol–water partition coefficient (Wildman–Crippen LogP) is 8.27. The summed E-state index contributed by atoms with van der Waals surface area (Å²) in [7, 11) is 0. The van der Waals surface area contributed by atoms with Crippen molar-refractivity contribution in [1.29, 1.82) is 0 Å². The molecule has 4 nitrogen and oxygen atoms in total. The Morgan fingerprint density at radius 1 is 0.628 bits per heavy atom. The van der Waals surface area contributed by atoms with Crippen molar-refractivity contribution < 1.29 is 14.3 Å². The van der Waals surface area contributed by atoms with Gasteiger partial charge < -0.3 is 14.8 Å². The van der Waals surface area contributed by atoms with E-state index in [2.05, 4.69) is 133 Å². The smallest absolute Gasteiger partial charge is 0.407 e. The number of carbonyl (C=O) groups excluding carboxylic acids is 1. The van der Waals surface area contributed by atoms with Crippen LogP contribution in [0.1, 0.15) is 33.7 Å². The van der Waals surface area contributed by atoms with Crippen LogP contribution < -0.4 is 5.32 Å². The molecule has 0 atom stereocenters. The number of fused-ring (bicyclic) bond motifs is 3. The molecule has 0 radical (unpaired) electrons. The third kappa shape index (κ3) is 6.24. The van der Waals surface area contributed by atoms with E-state index in [1.807, 2.05) is 23.9 Å². The zero-order valence-electron chi connectivity index (χ0n) is 24.0. The third-order valence-electron chi connectivity index (χ3n) is 7.95. The highest BCUT2D eigenvalue weighted by Gasteiger charge is 2.36. The van der Waals surface area contributed by atoms with Gasteiger partial charge in [-0.05, 0) is 38.9 Å². The lowest BCUT2D eigenvalue weighted by molar-refractivity contribution is 0.127. The first kappa shape index (κ1) is 28.8. The molecule has 0 fully saturated rings. The molecule has 0 spiro atoms. The Balaban J connectivity index is 1.01. The minimum Gasteiger partial charge on any atom is -0.449 e. The molecular formula is C38H35NO3S. The molecule has 5 aromatic rings. The Labute approximate surface area is 258 Å². The highest BCUT2D eigenvalue weighted by Crippen LogP contribution is 2.48. The Bertz CT molecular complexity index is 1480. The number of ether oxygens (including phenoxy) is 2. The molecule has 0 unspecified atom stereocenters. The summed E-state index contributed by atoms with van der Waals surface area (Å²) in [5.41, 5.74) is 8.53. The monoisotopic (exact) mass is 585 g/mol. The number of nitrogens with one attached hydrogen (secondary N) is 1. The molecule has 43 heavy (non-hydrogen) atoms. The van der Waals surface area contributed by atoms with Crippen molar-refractivity contribution in [2.24, 2.45) is 0 Å². The van der Waals surface area contributed by atoms with E-state index in [1.54, 1.807) is 0 Å². The molecular weight excluding hydrogens is 550 g/mol. The fourth-order valence-electron chi connectivity index (χ4n) is 6.00. The Hall–Kier alpha value is -4.32. The standard InChI is InChI=1S/C38H35NO3S/c40-37(42-28-36-34-22-12-10-20-32(34)33-21-11-13-23-35(33)36)39-24-25-41-26-27-43-38(29-14-4-1-5-15-29,30-16-6-2-7-17-30)31-18-8-3-9-19-31/h1-23,36H,24-28H2,(H,39,40). The van der Waals surface area contributed by atoms with Crippen LogP contribution in [-0.4, -0.2) is 38.2 Å². The third-order valence-corrected chi connectivity index (χ3v) is 9.46. The van der Waals surface area contributed by atoms with Gasteiger partial charge in [0.1, 0.15) is 6.61 Å². The second kappa shape index (κ2) is 13.8. The Morgan fingerprint density at radius 2 is 1.09 bits per heavy atom. The fraction of sp³-hybridized carbons (Fsp3) is 0.184. The van der Waals surface area contributed by atoms with Crippen LogP contribution in [0.25, 0.3) is 11.1 Å². The average Bonchev–Trinajstić information content (AvgIpc) is 3.40. The van der Waals surface area contributed by atoms with Crippen LogP contribution >= 0.6 is 11.8 Å². The molecule has 0 aromatic heterocycles. The molecule has 0 bridgehead atoms. The molecule has 6 rings (SSSR count). The molecule has 0 saturated heterocycles. The summed E-state index contributed by atoms with van der Waals surface area (Å²) in [6.07, 6.45) is -0.420. The number of hydrogen-bond donors (Lipinski definition) is 1. The summed E-state index contributed by atoms with van der Waals surface area (Å²) in [6.45, 7) is 1.67. The lowest BCUT2D eigenvalue weighted by Crippen LogP contribution is -2.29. The number of benzene rings is 5. The van der Waals surface area contributed by atoms with Crippen molar-refractivity contribution in [2.45, 2.75) is 10.7 Å². The molecule has 1 N–H and O–H groups in total. The van der Waals surface area contributed by atoms with Gasteiger partial charge in [-0.25, -0.2) is 4.79 Å². The predicted molar refractivity (Wildman–Crippen MR) is 176 cm³/mol. The first-order chi connectivity index (χ1) is 21.3. The first-order valence-electron chi connectivity index (χ1n) is 14.7. The largest absolute Gasteiger partial charge is 0.449 e. The molecule has 0 aliphatic heterocycles. The van der Waals surface area contributed by atoms with Crippen LogP contribution in [0.2, 0.25) is 0 Å². The normalized spacial score (nSPS) is 12.4. The molecule has 216 valence electrons. The topological polar surface area (TPSA) is 47.6 Å². The molecule has 5 aromatic carbocycles. The lowest BCUT2D eigenvalue weighted by atomic mass is 9.84. The van der Waals surface area contributed by atoms with Gasteiger partial charge in [0.25, 0.3) is 0 Å². The average molecular weight is 586 g/mol. The molecule has 0 saturated carbocycles. The van der Waals surface area contributed by atoms with Gasteiger partial charge in [0, 0.05) is 18.2 Å².